The molecular weight excluding hydrogens is 409 g/mol. The van der Waals surface area contributed by atoms with E-state index < -0.39 is 12.0 Å². The molecule has 1 fully saturated rings. The number of hydrogen-bond acceptors (Lipinski definition) is 7. The van der Waals surface area contributed by atoms with Gasteiger partial charge in [0.25, 0.3) is 5.91 Å². The number of likely N-dealkylation sites (tertiary alicyclic amines) is 1. The molecule has 160 valence electrons. The van der Waals surface area contributed by atoms with E-state index in [9.17, 15) is 9.90 Å². The summed E-state index contributed by atoms with van der Waals surface area (Å²) < 4.78 is 10.8. The molecule has 0 radical (unpaired) electrons. The lowest BCUT2D eigenvalue weighted by Crippen LogP contribution is -2.31. The minimum absolute atomic E-state index is 0. The summed E-state index contributed by atoms with van der Waals surface area (Å²) in [4.78, 5) is 13.7. The topological polar surface area (TPSA) is 117 Å². The van der Waals surface area contributed by atoms with E-state index in [1.165, 1.54) is 25.8 Å². The number of hydroxylamine groups is 1. The van der Waals surface area contributed by atoms with Crippen LogP contribution < -0.4 is 20.7 Å². The van der Waals surface area contributed by atoms with Crippen LogP contribution in [0.5, 0.6) is 11.5 Å². The highest BCUT2D eigenvalue weighted by atomic mass is 35.5. The molecule has 1 heterocycles. The molecule has 0 spiro atoms. The van der Waals surface area contributed by atoms with Gasteiger partial charge in [-0.25, -0.2) is 5.48 Å². The van der Waals surface area contributed by atoms with Gasteiger partial charge < -0.3 is 25.2 Å². The summed E-state index contributed by atoms with van der Waals surface area (Å²) in [6.45, 7) is 2.54. The van der Waals surface area contributed by atoms with E-state index in [1.54, 1.807) is 12.1 Å². The Morgan fingerprint density at radius 2 is 1.93 bits per heavy atom. The van der Waals surface area contributed by atoms with E-state index in [0.717, 1.165) is 25.9 Å². The Labute approximate surface area is 177 Å². The highest BCUT2D eigenvalue weighted by molar-refractivity contribution is 5.96. The van der Waals surface area contributed by atoms with Crippen LogP contribution in [0.3, 0.4) is 0 Å². The number of carbonyl (C=O) groups is 1. The number of methoxy groups -OCH3 is 2. The summed E-state index contributed by atoms with van der Waals surface area (Å²) >= 11 is 0. The van der Waals surface area contributed by atoms with Crippen LogP contribution >= 0.6 is 24.8 Å². The van der Waals surface area contributed by atoms with Gasteiger partial charge in [-0.3, -0.25) is 10.0 Å². The Balaban J connectivity index is 0.00000364. The van der Waals surface area contributed by atoms with E-state index in [1.807, 2.05) is 0 Å². The quantitative estimate of drug-likeness (QED) is 0.275. The summed E-state index contributed by atoms with van der Waals surface area (Å²) in [5.41, 5.74) is 8.35. The highest BCUT2D eigenvalue weighted by Gasteiger charge is 2.21. The summed E-state index contributed by atoms with van der Waals surface area (Å²) in [6, 6.07) is 3.43. The molecule has 5 N–H and O–H groups in total. The number of halogens is 2. The third-order valence-corrected chi connectivity index (χ3v) is 4.47. The van der Waals surface area contributed by atoms with Crippen molar-refractivity contribution in [2.75, 3.05) is 33.9 Å². The molecule has 0 saturated carbocycles. The average molecular weight is 438 g/mol. The first-order valence-electron chi connectivity index (χ1n) is 8.56. The number of rotatable bonds is 8. The minimum Gasteiger partial charge on any atom is -0.493 e. The van der Waals surface area contributed by atoms with Crippen LogP contribution in [-0.4, -0.2) is 61.1 Å². The molecule has 10 heteroatoms. The number of nitrogens with zero attached hydrogens (tertiary/aromatic N) is 1. The van der Waals surface area contributed by atoms with Crippen molar-refractivity contribution in [1.82, 2.24) is 10.4 Å². The predicted molar refractivity (Wildman–Crippen MR) is 112 cm³/mol. The summed E-state index contributed by atoms with van der Waals surface area (Å²) in [5.74, 6) is 0.209. The summed E-state index contributed by atoms with van der Waals surface area (Å²) in [7, 11) is 3.05. The molecule has 2 rings (SSSR count). The first kappa shape index (κ1) is 26.3. The monoisotopic (exact) mass is 437 g/mol. The molecule has 1 aromatic rings. The van der Waals surface area contributed by atoms with E-state index in [4.69, 9.17) is 20.4 Å². The maximum Gasteiger partial charge on any atom is 0.290 e. The van der Waals surface area contributed by atoms with Crippen molar-refractivity contribution in [3.8, 4) is 11.5 Å². The Kier molecular flexibility index (Phi) is 11.9. The molecule has 0 aromatic heterocycles. The number of aliphatic hydroxyl groups excluding tert-OH is 1. The second kappa shape index (κ2) is 12.7. The number of aliphatic hydroxyl groups is 1. The second-order valence-electron chi connectivity index (χ2n) is 6.28. The molecule has 1 aromatic carbocycles. The number of amides is 1. The number of carbonyl (C=O) groups excluding carboxylic acids is 1. The zero-order chi connectivity index (χ0) is 19.1. The lowest BCUT2D eigenvalue weighted by atomic mass is 9.98. The smallest absolute Gasteiger partial charge is 0.290 e. The lowest BCUT2D eigenvalue weighted by molar-refractivity contribution is -0.125. The van der Waals surface area contributed by atoms with Crippen molar-refractivity contribution in [1.29, 1.82) is 0 Å². The first-order valence-corrected chi connectivity index (χ1v) is 8.56. The van der Waals surface area contributed by atoms with Gasteiger partial charge in [0.2, 0.25) is 0 Å². The van der Waals surface area contributed by atoms with Gasteiger partial charge in [0.05, 0.1) is 20.3 Å². The molecular formula is C18H29Cl2N3O5. The van der Waals surface area contributed by atoms with Gasteiger partial charge in [0.15, 0.2) is 11.5 Å². The Bertz CT molecular complexity index is 667. The molecule has 1 aliphatic heterocycles. The van der Waals surface area contributed by atoms with Crippen molar-refractivity contribution in [3.63, 3.8) is 0 Å². The van der Waals surface area contributed by atoms with E-state index in [2.05, 4.69) is 4.90 Å². The average Bonchev–Trinajstić information content (AvgIpc) is 3.14. The van der Waals surface area contributed by atoms with Crippen LogP contribution in [0, 0.1) is 0 Å². The van der Waals surface area contributed by atoms with Crippen molar-refractivity contribution in [2.24, 2.45) is 5.73 Å². The van der Waals surface area contributed by atoms with Gasteiger partial charge >= 0.3 is 0 Å². The molecule has 1 saturated heterocycles. The molecule has 0 aliphatic carbocycles. The molecule has 1 amide bonds. The van der Waals surface area contributed by atoms with Gasteiger partial charge in [0.1, 0.15) is 5.70 Å². The van der Waals surface area contributed by atoms with E-state index in [0.29, 0.717) is 35.6 Å². The summed E-state index contributed by atoms with van der Waals surface area (Å²) in [6.07, 6.45) is 3.45. The summed E-state index contributed by atoms with van der Waals surface area (Å²) in [5, 5.41) is 19.3. The maximum atomic E-state index is 11.5. The van der Waals surface area contributed by atoms with Crippen LogP contribution in [0.25, 0.3) is 6.08 Å². The van der Waals surface area contributed by atoms with Crippen LogP contribution in [0.1, 0.15) is 24.0 Å². The minimum atomic E-state index is -0.802. The van der Waals surface area contributed by atoms with Gasteiger partial charge in [-0.05, 0) is 43.6 Å². The van der Waals surface area contributed by atoms with E-state index >= 15 is 0 Å². The second-order valence-corrected chi connectivity index (χ2v) is 6.28. The standard InChI is InChI=1S/C18H27N3O5.2ClH/c1-25-16-6-5-12(9-15(19)18(23)20-24)14(17(16)26-2)10-13(22)11-21-7-3-4-8-21;;/h5-6,9,13,22,24H,3-4,7-8,10-11,19H2,1-2H3,(H,20,23);2*1H. The zero-order valence-corrected chi connectivity index (χ0v) is 17.6. The number of benzene rings is 1. The molecule has 28 heavy (non-hydrogen) atoms. The van der Waals surface area contributed by atoms with Gasteiger partial charge in [0, 0.05) is 18.5 Å². The normalized spacial score (nSPS) is 15.2. The van der Waals surface area contributed by atoms with Gasteiger partial charge in [-0.2, -0.15) is 0 Å². The van der Waals surface area contributed by atoms with Gasteiger partial charge in [-0.15, -0.1) is 24.8 Å². The SMILES string of the molecule is COc1ccc(C=C(N)C(=O)NO)c(CC(O)CN2CCCC2)c1OC.Cl.Cl. The van der Waals surface area contributed by atoms with Crippen LogP contribution in [0.4, 0.5) is 0 Å². The van der Waals surface area contributed by atoms with Crippen molar-refractivity contribution in [2.45, 2.75) is 25.4 Å². The molecule has 8 nitrogen and oxygen atoms in total. The molecule has 1 atom stereocenters. The fourth-order valence-corrected chi connectivity index (χ4v) is 3.21. The Morgan fingerprint density at radius 3 is 2.46 bits per heavy atom. The Hall–Kier alpha value is -1.71. The highest BCUT2D eigenvalue weighted by Crippen LogP contribution is 2.35. The zero-order valence-electron chi connectivity index (χ0n) is 16.0. The van der Waals surface area contributed by atoms with Crippen LogP contribution in [0.2, 0.25) is 0 Å². The Morgan fingerprint density at radius 1 is 1.29 bits per heavy atom. The largest absolute Gasteiger partial charge is 0.493 e. The lowest BCUT2D eigenvalue weighted by Gasteiger charge is -2.22. The van der Waals surface area contributed by atoms with Crippen LogP contribution in [-0.2, 0) is 11.2 Å². The fraction of sp³-hybridized carbons (Fsp3) is 0.500. The van der Waals surface area contributed by atoms with Crippen molar-refractivity contribution in [3.05, 3.63) is 29.0 Å². The third-order valence-electron chi connectivity index (χ3n) is 4.47. The van der Waals surface area contributed by atoms with Crippen molar-refractivity contribution >= 4 is 36.8 Å². The van der Waals surface area contributed by atoms with Gasteiger partial charge in [-0.1, -0.05) is 6.07 Å². The van der Waals surface area contributed by atoms with Crippen molar-refractivity contribution < 1.29 is 24.6 Å². The number of nitrogens with one attached hydrogen (secondary N) is 1. The predicted octanol–water partition coefficient (Wildman–Crippen LogP) is 1.35. The number of hydrogen-bond donors (Lipinski definition) is 4. The molecule has 0 bridgehead atoms. The number of ether oxygens (including phenoxy) is 2. The van der Waals surface area contributed by atoms with Crippen LogP contribution in [0.15, 0.2) is 17.8 Å². The first-order chi connectivity index (χ1) is 12.5. The molecule has 1 unspecified atom stereocenters. The number of β-amino-alcohol motifs (C(OH)–C–C–N with tert-alkyl or cyclic N) is 1. The fourth-order valence-electron chi connectivity index (χ4n) is 3.21. The third kappa shape index (κ3) is 6.72. The molecule has 1 aliphatic rings. The maximum absolute atomic E-state index is 11.5. The van der Waals surface area contributed by atoms with E-state index in [-0.39, 0.29) is 30.5 Å². The number of nitrogens with two attached hydrogens (primary N) is 1.